The predicted molar refractivity (Wildman–Crippen MR) is 71.9 cm³/mol. The molecule has 2 aromatic rings. The highest BCUT2D eigenvalue weighted by atomic mass is 35.5. The summed E-state index contributed by atoms with van der Waals surface area (Å²) in [5.74, 6) is 0.210. The fraction of sp³-hybridized carbons (Fsp3) is 0.231. The topological polar surface area (TPSA) is 67.2 Å². The minimum atomic E-state index is -0.272. The second-order valence-electron chi connectivity index (χ2n) is 3.97. The lowest BCUT2D eigenvalue weighted by Crippen LogP contribution is -2.23. The van der Waals surface area contributed by atoms with E-state index in [0.717, 1.165) is 5.56 Å². The summed E-state index contributed by atoms with van der Waals surface area (Å²) in [5, 5.41) is 6.30. The number of nitrogens with zero attached hydrogens (tertiary/aromatic N) is 1. The van der Waals surface area contributed by atoms with Crippen LogP contribution in [-0.2, 0) is 13.1 Å². The standard InChI is InChI=1S/C13H14ClN3O2/c1-15-7-12-17-11(8-19-12)13(18)16-6-9-3-2-4-10(14)5-9/h2-5,8,15H,6-7H2,1H3,(H,16,18). The summed E-state index contributed by atoms with van der Waals surface area (Å²) in [4.78, 5) is 15.9. The van der Waals surface area contributed by atoms with Gasteiger partial charge in [0.2, 0.25) is 5.89 Å². The van der Waals surface area contributed by atoms with E-state index in [1.807, 2.05) is 12.1 Å². The molecular formula is C13H14ClN3O2. The average Bonchev–Trinajstić information content (AvgIpc) is 2.85. The monoisotopic (exact) mass is 279 g/mol. The molecule has 1 aromatic carbocycles. The molecule has 1 heterocycles. The van der Waals surface area contributed by atoms with Gasteiger partial charge in [-0.2, -0.15) is 0 Å². The summed E-state index contributed by atoms with van der Waals surface area (Å²) < 4.78 is 5.14. The zero-order chi connectivity index (χ0) is 13.7. The number of nitrogens with one attached hydrogen (secondary N) is 2. The molecular weight excluding hydrogens is 266 g/mol. The van der Waals surface area contributed by atoms with E-state index in [1.165, 1.54) is 6.26 Å². The number of rotatable bonds is 5. The first-order chi connectivity index (χ1) is 9.19. The van der Waals surface area contributed by atoms with Gasteiger partial charge in [0.15, 0.2) is 5.69 Å². The van der Waals surface area contributed by atoms with Crippen LogP contribution < -0.4 is 10.6 Å². The lowest BCUT2D eigenvalue weighted by Gasteiger charge is -2.03. The predicted octanol–water partition coefficient (Wildman–Crippen LogP) is 1.98. The molecule has 0 unspecified atom stereocenters. The van der Waals surface area contributed by atoms with Gasteiger partial charge in [-0.1, -0.05) is 23.7 Å². The zero-order valence-electron chi connectivity index (χ0n) is 10.4. The lowest BCUT2D eigenvalue weighted by atomic mass is 10.2. The summed E-state index contributed by atoms with van der Waals surface area (Å²) in [5.41, 5.74) is 1.20. The normalized spacial score (nSPS) is 10.4. The summed E-state index contributed by atoms with van der Waals surface area (Å²) >= 11 is 5.87. The number of hydrogen-bond acceptors (Lipinski definition) is 4. The van der Waals surface area contributed by atoms with Crippen LogP contribution in [0.25, 0.3) is 0 Å². The number of aromatic nitrogens is 1. The largest absolute Gasteiger partial charge is 0.447 e. The Balaban J connectivity index is 1.93. The van der Waals surface area contributed by atoms with Crippen molar-refractivity contribution in [2.75, 3.05) is 7.05 Å². The molecule has 2 N–H and O–H groups in total. The van der Waals surface area contributed by atoms with E-state index < -0.39 is 0 Å². The molecule has 0 aliphatic rings. The minimum Gasteiger partial charge on any atom is -0.447 e. The lowest BCUT2D eigenvalue weighted by molar-refractivity contribution is 0.0946. The molecule has 0 radical (unpaired) electrons. The van der Waals surface area contributed by atoms with Crippen molar-refractivity contribution in [2.24, 2.45) is 0 Å². The Morgan fingerprint density at radius 1 is 1.42 bits per heavy atom. The van der Waals surface area contributed by atoms with Crippen molar-refractivity contribution >= 4 is 17.5 Å². The van der Waals surface area contributed by atoms with Crippen LogP contribution in [0.4, 0.5) is 0 Å². The second-order valence-corrected chi connectivity index (χ2v) is 4.41. The first-order valence-corrected chi connectivity index (χ1v) is 6.18. The highest BCUT2D eigenvalue weighted by molar-refractivity contribution is 6.30. The molecule has 0 aliphatic carbocycles. The Morgan fingerprint density at radius 2 is 2.26 bits per heavy atom. The molecule has 1 aromatic heterocycles. The van der Waals surface area contributed by atoms with Gasteiger partial charge < -0.3 is 15.1 Å². The quantitative estimate of drug-likeness (QED) is 0.878. The van der Waals surface area contributed by atoms with Crippen LogP contribution in [0.3, 0.4) is 0 Å². The van der Waals surface area contributed by atoms with Crippen LogP contribution in [0.2, 0.25) is 5.02 Å². The van der Waals surface area contributed by atoms with Gasteiger partial charge in [-0.3, -0.25) is 4.79 Å². The number of amides is 1. The average molecular weight is 280 g/mol. The molecule has 5 nitrogen and oxygen atoms in total. The molecule has 0 saturated heterocycles. The molecule has 2 rings (SSSR count). The maximum atomic E-state index is 11.8. The smallest absolute Gasteiger partial charge is 0.273 e. The third-order valence-electron chi connectivity index (χ3n) is 2.45. The molecule has 0 spiro atoms. The molecule has 0 saturated carbocycles. The third kappa shape index (κ3) is 3.81. The van der Waals surface area contributed by atoms with Crippen LogP contribution in [-0.4, -0.2) is 17.9 Å². The Kier molecular flexibility index (Phi) is 4.54. The van der Waals surface area contributed by atoms with Crippen molar-refractivity contribution in [1.29, 1.82) is 0 Å². The second kappa shape index (κ2) is 6.36. The van der Waals surface area contributed by atoms with Crippen LogP contribution in [0.15, 0.2) is 34.9 Å². The molecule has 0 bridgehead atoms. The van der Waals surface area contributed by atoms with Crippen LogP contribution >= 0.6 is 11.6 Å². The van der Waals surface area contributed by atoms with Gasteiger partial charge >= 0.3 is 0 Å². The number of benzene rings is 1. The molecule has 6 heteroatoms. The van der Waals surface area contributed by atoms with Crippen LogP contribution in [0, 0.1) is 0 Å². The molecule has 100 valence electrons. The summed E-state index contributed by atoms with van der Waals surface area (Å²) in [6.07, 6.45) is 1.35. The van der Waals surface area contributed by atoms with Crippen molar-refractivity contribution in [3.8, 4) is 0 Å². The summed E-state index contributed by atoms with van der Waals surface area (Å²) in [6.45, 7) is 0.884. The van der Waals surface area contributed by atoms with Gasteiger partial charge in [-0.25, -0.2) is 4.98 Å². The number of carbonyl (C=O) groups is 1. The highest BCUT2D eigenvalue weighted by Crippen LogP contribution is 2.10. The first-order valence-electron chi connectivity index (χ1n) is 5.80. The van der Waals surface area contributed by atoms with Crippen molar-refractivity contribution in [1.82, 2.24) is 15.6 Å². The Bertz CT molecular complexity index is 569. The number of hydrogen-bond donors (Lipinski definition) is 2. The van der Waals surface area contributed by atoms with E-state index in [9.17, 15) is 4.79 Å². The van der Waals surface area contributed by atoms with E-state index in [4.69, 9.17) is 16.0 Å². The fourth-order valence-corrected chi connectivity index (χ4v) is 1.78. The van der Waals surface area contributed by atoms with E-state index in [0.29, 0.717) is 24.0 Å². The molecule has 0 fully saturated rings. The van der Waals surface area contributed by atoms with Gasteiger partial charge in [0, 0.05) is 11.6 Å². The van der Waals surface area contributed by atoms with Crippen molar-refractivity contribution in [3.63, 3.8) is 0 Å². The molecule has 0 atom stereocenters. The first kappa shape index (κ1) is 13.6. The van der Waals surface area contributed by atoms with Crippen molar-refractivity contribution in [2.45, 2.75) is 13.1 Å². The van der Waals surface area contributed by atoms with Gasteiger partial charge in [-0.15, -0.1) is 0 Å². The van der Waals surface area contributed by atoms with E-state index >= 15 is 0 Å². The Labute approximate surface area is 116 Å². The van der Waals surface area contributed by atoms with Gasteiger partial charge in [0.1, 0.15) is 6.26 Å². The van der Waals surface area contributed by atoms with E-state index in [1.54, 1.807) is 19.2 Å². The molecule has 19 heavy (non-hydrogen) atoms. The van der Waals surface area contributed by atoms with Crippen molar-refractivity contribution < 1.29 is 9.21 Å². The van der Waals surface area contributed by atoms with E-state index in [-0.39, 0.29) is 11.6 Å². The maximum Gasteiger partial charge on any atom is 0.273 e. The van der Waals surface area contributed by atoms with E-state index in [2.05, 4.69) is 15.6 Å². The Morgan fingerprint density at radius 3 is 3.00 bits per heavy atom. The third-order valence-corrected chi connectivity index (χ3v) is 2.69. The van der Waals surface area contributed by atoms with Crippen LogP contribution in [0.1, 0.15) is 21.9 Å². The van der Waals surface area contributed by atoms with Gasteiger partial charge in [0.05, 0.1) is 6.54 Å². The van der Waals surface area contributed by atoms with Gasteiger partial charge in [0.25, 0.3) is 5.91 Å². The number of carbonyl (C=O) groups excluding carboxylic acids is 1. The minimum absolute atomic E-state index is 0.271. The zero-order valence-corrected chi connectivity index (χ0v) is 11.2. The van der Waals surface area contributed by atoms with Crippen molar-refractivity contribution in [3.05, 3.63) is 52.7 Å². The molecule has 1 amide bonds. The Hall–Kier alpha value is -1.85. The fourth-order valence-electron chi connectivity index (χ4n) is 1.57. The summed E-state index contributed by atoms with van der Waals surface area (Å²) in [7, 11) is 1.78. The number of oxazole rings is 1. The number of halogens is 1. The molecule has 0 aliphatic heterocycles. The van der Waals surface area contributed by atoms with Gasteiger partial charge in [-0.05, 0) is 24.7 Å². The maximum absolute atomic E-state index is 11.8. The summed E-state index contributed by atoms with van der Waals surface area (Å²) in [6, 6.07) is 7.32. The van der Waals surface area contributed by atoms with Crippen LogP contribution in [0.5, 0.6) is 0 Å². The highest BCUT2D eigenvalue weighted by Gasteiger charge is 2.11. The SMILES string of the molecule is CNCc1nc(C(=O)NCc2cccc(Cl)c2)co1.